The lowest BCUT2D eigenvalue weighted by molar-refractivity contribution is 0.196. The summed E-state index contributed by atoms with van der Waals surface area (Å²) in [6, 6.07) is 5.97. The van der Waals surface area contributed by atoms with Crippen LogP contribution >= 0.6 is 0 Å². The Morgan fingerprint density at radius 3 is 2.75 bits per heavy atom. The van der Waals surface area contributed by atoms with Gasteiger partial charge >= 0.3 is 6.03 Å². The van der Waals surface area contributed by atoms with Crippen LogP contribution in [0.25, 0.3) is 0 Å². The molecule has 4 heteroatoms. The molecule has 0 saturated carbocycles. The van der Waals surface area contributed by atoms with Crippen LogP contribution < -0.4 is 11.1 Å². The second kappa shape index (κ2) is 4.04. The summed E-state index contributed by atoms with van der Waals surface area (Å²) in [5.41, 5.74) is 8.81. The van der Waals surface area contributed by atoms with Crippen molar-refractivity contribution in [3.8, 4) is 0 Å². The van der Waals surface area contributed by atoms with E-state index < -0.39 is 0 Å². The van der Waals surface area contributed by atoms with Gasteiger partial charge in [0.15, 0.2) is 0 Å². The smallest absolute Gasteiger partial charge is 0.318 e. The van der Waals surface area contributed by atoms with Crippen molar-refractivity contribution in [2.45, 2.75) is 33.0 Å². The van der Waals surface area contributed by atoms with Crippen LogP contribution in [0.1, 0.15) is 25.0 Å². The molecule has 0 unspecified atom stereocenters. The second-order valence-electron chi connectivity index (χ2n) is 4.49. The third kappa shape index (κ3) is 2.10. The first-order chi connectivity index (χ1) is 7.56. The fourth-order valence-corrected chi connectivity index (χ4v) is 1.90. The molecule has 2 amide bonds. The minimum Gasteiger partial charge on any atom is -0.399 e. The molecular formula is C12H17N3O. The molecule has 0 aromatic heterocycles. The Labute approximate surface area is 95.4 Å². The van der Waals surface area contributed by atoms with Crippen LogP contribution in [-0.2, 0) is 13.1 Å². The average molecular weight is 219 g/mol. The highest BCUT2D eigenvalue weighted by Crippen LogP contribution is 2.24. The topological polar surface area (TPSA) is 58.4 Å². The molecule has 0 aliphatic carbocycles. The Bertz CT molecular complexity index is 415. The molecule has 0 fully saturated rings. The molecule has 1 aromatic rings. The highest BCUT2D eigenvalue weighted by Gasteiger charge is 2.23. The zero-order valence-corrected chi connectivity index (χ0v) is 9.66. The van der Waals surface area contributed by atoms with Gasteiger partial charge in [0.05, 0.1) is 0 Å². The molecule has 1 aromatic carbocycles. The van der Waals surface area contributed by atoms with Gasteiger partial charge in [0.2, 0.25) is 0 Å². The van der Waals surface area contributed by atoms with Crippen LogP contribution in [0, 0.1) is 0 Å². The van der Waals surface area contributed by atoms with E-state index in [1.807, 2.05) is 32.0 Å². The molecular weight excluding hydrogens is 202 g/mol. The number of hydrogen-bond donors (Lipinski definition) is 2. The van der Waals surface area contributed by atoms with E-state index in [4.69, 9.17) is 5.73 Å². The van der Waals surface area contributed by atoms with Crippen molar-refractivity contribution in [2.75, 3.05) is 5.73 Å². The van der Waals surface area contributed by atoms with E-state index in [2.05, 4.69) is 5.32 Å². The van der Waals surface area contributed by atoms with Gasteiger partial charge in [-0.1, -0.05) is 6.07 Å². The van der Waals surface area contributed by atoms with E-state index in [1.165, 1.54) is 5.56 Å². The monoisotopic (exact) mass is 219 g/mol. The molecule has 1 aliphatic heterocycles. The summed E-state index contributed by atoms with van der Waals surface area (Å²) in [4.78, 5) is 13.6. The van der Waals surface area contributed by atoms with E-state index in [-0.39, 0.29) is 12.1 Å². The minimum absolute atomic E-state index is 0.00947. The fourth-order valence-electron chi connectivity index (χ4n) is 1.90. The summed E-state index contributed by atoms with van der Waals surface area (Å²) >= 11 is 0. The average Bonchev–Trinajstić information content (AvgIpc) is 2.59. The summed E-state index contributed by atoms with van der Waals surface area (Å²) < 4.78 is 0. The number of hydrogen-bond acceptors (Lipinski definition) is 2. The molecule has 86 valence electrons. The summed E-state index contributed by atoms with van der Waals surface area (Å²) in [7, 11) is 0. The van der Waals surface area contributed by atoms with Gasteiger partial charge in [-0.2, -0.15) is 0 Å². The lowest BCUT2D eigenvalue weighted by Crippen LogP contribution is -2.40. The quantitative estimate of drug-likeness (QED) is 0.706. The Morgan fingerprint density at radius 1 is 1.38 bits per heavy atom. The molecule has 0 atom stereocenters. The Morgan fingerprint density at radius 2 is 2.06 bits per heavy atom. The number of nitrogens with two attached hydrogens (primary N) is 1. The number of fused-ring (bicyclic) bond motifs is 1. The van der Waals surface area contributed by atoms with Gasteiger partial charge in [-0.05, 0) is 37.1 Å². The first-order valence-corrected chi connectivity index (χ1v) is 5.49. The second-order valence-corrected chi connectivity index (χ2v) is 4.49. The number of carbonyl (C=O) groups excluding carboxylic acids is 1. The molecule has 0 bridgehead atoms. The summed E-state index contributed by atoms with van der Waals surface area (Å²) in [6.45, 7) is 5.24. The first-order valence-electron chi connectivity index (χ1n) is 5.49. The van der Waals surface area contributed by atoms with Crippen LogP contribution in [0.5, 0.6) is 0 Å². The normalized spacial score (nSPS) is 14.1. The fraction of sp³-hybridized carbons (Fsp3) is 0.417. The van der Waals surface area contributed by atoms with Gasteiger partial charge in [0.1, 0.15) is 0 Å². The summed E-state index contributed by atoms with van der Waals surface area (Å²) in [5.74, 6) is 0. The maximum absolute atomic E-state index is 11.8. The van der Waals surface area contributed by atoms with Gasteiger partial charge < -0.3 is 16.0 Å². The number of anilines is 1. The maximum atomic E-state index is 11.8. The summed E-state index contributed by atoms with van der Waals surface area (Å²) in [5, 5.41) is 2.89. The van der Waals surface area contributed by atoms with Gasteiger partial charge in [-0.3, -0.25) is 0 Å². The molecule has 0 radical (unpaired) electrons. The third-order valence-corrected chi connectivity index (χ3v) is 2.65. The van der Waals surface area contributed by atoms with Crippen molar-refractivity contribution < 1.29 is 4.79 Å². The molecule has 2 rings (SSSR count). The highest BCUT2D eigenvalue weighted by molar-refractivity contribution is 5.75. The van der Waals surface area contributed by atoms with Gasteiger partial charge in [-0.15, -0.1) is 0 Å². The lowest BCUT2D eigenvalue weighted by Gasteiger charge is -2.18. The number of amides is 2. The molecule has 0 saturated heterocycles. The predicted octanol–water partition coefficient (Wildman–Crippen LogP) is 1.70. The van der Waals surface area contributed by atoms with Gasteiger partial charge in [0.25, 0.3) is 0 Å². The number of carbonyl (C=O) groups is 1. The number of nitrogens with one attached hydrogen (secondary N) is 1. The number of benzene rings is 1. The van der Waals surface area contributed by atoms with Crippen molar-refractivity contribution in [2.24, 2.45) is 0 Å². The Balaban J connectivity index is 2.08. The molecule has 3 N–H and O–H groups in total. The first kappa shape index (κ1) is 10.8. The van der Waals surface area contributed by atoms with Crippen molar-refractivity contribution in [3.05, 3.63) is 29.3 Å². The largest absolute Gasteiger partial charge is 0.399 e. The van der Waals surface area contributed by atoms with Crippen molar-refractivity contribution in [1.82, 2.24) is 10.2 Å². The maximum Gasteiger partial charge on any atom is 0.318 e. The molecule has 1 heterocycles. The Kier molecular flexibility index (Phi) is 2.73. The molecule has 16 heavy (non-hydrogen) atoms. The van der Waals surface area contributed by atoms with Gasteiger partial charge in [0, 0.05) is 24.8 Å². The standard InChI is InChI=1S/C12H17N3O/c1-8(2)14-12(16)15-6-9-3-4-11(13)5-10(9)7-15/h3-5,8H,6-7,13H2,1-2H3,(H,14,16). The SMILES string of the molecule is CC(C)NC(=O)N1Cc2ccc(N)cc2C1. The van der Waals surface area contributed by atoms with Crippen LogP contribution in [0.2, 0.25) is 0 Å². The van der Waals surface area contributed by atoms with Crippen molar-refractivity contribution >= 4 is 11.7 Å². The van der Waals surface area contributed by atoms with Crippen molar-refractivity contribution in [1.29, 1.82) is 0 Å². The van der Waals surface area contributed by atoms with E-state index in [9.17, 15) is 4.79 Å². The van der Waals surface area contributed by atoms with Crippen LogP contribution in [-0.4, -0.2) is 17.0 Å². The minimum atomic E-state index is -0.00947. The van der Waals surface area contributed by atoms with E-state index in [0.717, 1.165) is 11.3 Å². The molecule has 4 nitrogen and oxygen atoms in total. The lowest BCUT2D eigenvalue weighted by atomic mass is 10.1. The van der Waals surface area contributed by atoms with E-state index >= 15 is 0 Å². The third-order valence-electron chi connectivity index (χ3n) is 2.65. The van der Waals surface area contributed by atoms with E-state index in [0.29, 0.717) is 13.1 Å². The number of nitrogen functional groups attached to an aromatic ring is 1. The Hall–Kier alpha value is -1.71. The van der Waals surface area contributed by atoms with Crippen LogP contribution in [0.15, 0.2) is 18.2 Å². The highest BCUT2D eigenvalue weighted by atomic mass is 16.2. The van der Waals surface area contributed by atoms with Gasteiger partial charge in [-0.25, -0.2) is 4.79 Å². The number of nitrogens with zero attached hydrogens (tertiary/aromatic N) is 1. The zero-order chi connectivity index (χ0) is 11.7. The van der Waals surface area contributed by atoms with E-state index in [1.54, 1.807) is 4.90 Å². The summed E-state index contributed by atoms with van der Waals surface area (Å²) in [6.07, 6.45) is 0. The van der Waals surface area contributed by atoms with Crippen LogP contribution in [0.3, 0.4) is 0 Å². The molecule has 0 spiro atoms. The van der Waals surface area contributed by atoms with Crippen LogP contribution in [0.4, 0.5) is 10.5 Å². The number of urea groups is 1. The zero-order valence-electron chi connectivity index (χ0n) is 9.66. The predicted molar refractivity (Wildman–Crippen MR) is 63.8 cm³/mol. The number of rotatable bonds is 1. The van der Waals surface area contributed by atoms with Crippen molar-refractivity contribution in [3.63, 3.8) is 0 Å². The molecule has 1 aliphatic rings.